The van der Waals surface area contributed by atoms with Gasteiger partial charge < -0.3 is 5.32 Å². The van der Waals surface area contributed by atoms with Crippen LogP contribution in [0, 0.1) is 0 Å². The molecule has 0 radical (unpaired) electrons. The van der Waals surface area contributed by atoms with Crippen molar-refractivity contribution >= 4 is 21.7 Å². The topological polar surface area (TPSA) is 84.0 Å². The number of anilines is 2. The summed E-state index contributed by atoms with van der Waals surface area (Å²) < 4.78 is 25.6. The van der Waals surface area contributed by atoms with Crippen LogP contribution in [0.2, 0.25) is 0 Å². The molecule has 6 nitrogen and oxygen atoms in total. The smallest absolute Gasteiger partial charge is 0.233 e. The maximum atomic E-state index is 11.6. The molecule has 1 aromatic carbocycles. The predicted molar refractivity (Wildman–Crippen MR) is 88.4 cm³/mol. The van der Waals surface area contributed by atoms with Crippen LogP contribution in [0.4, 0.5) is 11.6 Å². The second-order valence-electron chi connectivity index (χ2n) is 4.89. The van der Waals surface area contributed by atoms with E-state index in [0.717, 1.165) is 13.0 Å². The first kappa shape index (κ1) is 16.2. The highest BCUT2D eigenvalue weighted by Crippen LogP contribution is 2.09. The van der Waals surface area contributed by atoms with Gasteiger partial charge in [0, 0.05) is 6.54 Å². The lowest BCUT2D eigenvalue weighted by atomic mass is 10.1. The number of benzene rings is 1. The highest BCUT2D eigenvalue weighted by molar-refractivity contribution is 7.92. The molecule has 0 bridgehead atoms. The Balaban J connectivity index is 1.84. The fourth-order valence-electron chi connectivity index (χ4n) is 1.94. The molecule has 0 aliphatic carbocycles. The Labute approximate surface area is 131 Å². The molecule has 0 aliphatic heterocycles. The number of nitrogens with one attached hydrogen (secondary N) is 2. The fourth-order valence-corrected chi connectivity index (χ4v) is 3.01. The van der Waals surface area contributed by atoms with Crippen molar-refractivity contribution in [1.82, 2.24) is 10.2 Å². The molecule has 0 spiro atoms. The van der Waals surface area contributed by atoms with Gasteiger partial charge in [-0.15, -0.1) is 10.2 Å². The number of nitrogens with zero attached hydrogens (tertiary/aromatic N) is 2. The van der Waals surface area contributed by atoms with Crippen LogP contribution in [0.25, 0.3) is 0 Å². The van der Waals surface area contributed by atoms with Crippen molar-refractivity contribution < 1.29 is 8.42 Å². The molecule has 2 N–H and O–H groups in total. The van der Waals surface area contributed by atoms with Gasteiger partial charge >= 0.3 is 0 Å². The molecule has 7 heteroatoms. The number of sulfonamides is 1. The van der Waals surface area contributed by atoms with E-state index in [9.17, 15) is 8.42 Å². The highest BCUT2D eigenvalue weighted by atomic mass is 32.2. The summed E-state index contributed by atoms with van der Waals surface area (Å²) in [5.74, 6) is 0.933. The summed E-state index contributed by atoms with van der Waals surface area (Å²) in [5, 5.41) is 11.0. The lowest BCUT2D eigenvalue weighted by molar-refractivity contribution is 0.599. The Bertz CT molecular complexity index is 672. The van der Waals surface area contributed by atoms with Crippen LogP contribution in [0.3, 0.4) is 0 Å². The van der Waals surface area contributed by atoms with Crippen LogP contribution < -0.4 is 10.0 Å². The largest absolute Gasteiger partial charge is 0.368 e. The van der Waals surface area contributed by atoms with Gasteiger partial charge in [0.2, 0.25) is 10.0 Å². The minimum absolute atomic E-state index is 0.0752. The first-order valence-corrected chi connectivity index (χ1v) is 8.86. The van der Waals surface area contributed by atoms with Crippen molar-refractivity contribution in [2.45, 2.75) is 19.8 Å². The van der Waals surface area contributed by atoms with Crippen molar-refractivity contribution in [2.24, 2.45) is 0 Å². The highest BCUT2D eigenvalue weighted by Gasteiger charge is 2.09. The molecule has 22 heavy (non-hydrogen) atoms. The Morgan fingerprint density at radius 3 is 2.32 bits per heavy atom. The summed E-state index contributed by atoms with van der Waals surface area (Å²) in [5.41, 5.74) is 1.24. The number of hydrogen-bond acceptors (Lipinski definition) is 5. The van der Waals surface area contributed by atoms with E-state index < -0.39 is 10.0 Å². The molecule has 118 valence electrons. The van der Waals surface area contributed by atoms with Gasteiger partial charge in [-0.05, 0) is 30.5 Å². The van der Waals surface area contributed by atoms with Gasteiger partial charge in [-0.1, -0.05) is 37.3 Å². The van der Waals surface area contributed by atoms with Crippen molar-refractivity contribution in [2.75, 3.05) is 22.3 Å². The van der Waals surface area contributed by atoms with Crippen molar-refractivity contribution in [3.63, 3.8) is 0 Å². The molecular weight excluding hydrogens is 300 g/mol. The maximum Gasteiger partial charge on any atom is 0.233 e. The Hall–Kier alpha value is -2.15. The van der Waals surface area contributed by atoms with E-state index in [0.29, 0.717) is 12.2 Å². The molecule has 1 heterocycles. The van der Waals surface area contributed by atoms with Crippen LogP contribution >= 0.6 is 0 Å². The minimum Gasteiger partial charge on any atom is -0.368 e. The molecule has 2 aromatic rings. The second kappa shape index (κ2) is 7.74. The van der Waals surface area contributed by atoms with E-state index in [2.05, 4.69) is 32.4 Å². The number of aromatic nitrogens is 2. The maximum absolute atomic E-state index is 11.6. The third-order valence-electron chi connectivity index (χ3n) is 2.96. The molecule has 0 saturated heterocycles. The quantitative estimate of drug-likeness (QED) is 0.779. The van der Waals surface area contributed by atoms with Crippen LogP contribution in [-0.2, 0) is 16.4 Å². The first-order valence-electron chi connectivity index (χ1n) is 7.21. The molecule has 0 unspecified atom stereocenters. The third-order valence-corrected chi connectivity index (χ3v) is 4.43. The third kappa shape index (κ3) is 5.33. The van der Waals surface area contributed by atoms with Gasteiger partial charge in [-0.2, -0.15) is 0 Å². The predicted octanol–water partition coefficient (Wildman–Crippen LogP) is 2.28. The minimum atomic E-state index is -3.32. The molecule has 0 aliphatic rings. The summed E-state index contributed by atoms with van der Waals surface area (Å²) >= 11 is 0. The summed E-state index contributed by atoms with van der Waals surface area (Å²) in [6.45, 7) is 2.55. The van der Waals surface area contributed by atoms with Crippen molar-refractivity contribution in [1.29, 1.82) is 0 Å². The fraction of sp³-hybridized carbons (Fsp3) is 0.333. The molecule has 1 aromatic heterocycles. The van der Waals surface area contributed by atoms with Gasteiger partial charge in [-0.25, -0.2) is 8.42 Å². The van der Waals surface area contributed by atoms with E-state index in [1.807, 2.05) is 25.1 Å². The van der Waals surface area contributed by atoms with E-state index in [1.54, 1.807) is 12.1 Å². The van der Waals surface area contributed by atoms with E-state index >= 15 is 0 Å². The molecule has 2 rings (SSSR count). The van der Waals surface area contributed by atoms with Crippen LogP contribution in [-0.4, -0.2) is 30.9 Å². The average molecular weight is 320 g/mol. The normalized spacial score (nSPS) is 11.1. The molecule has 0 amide bonds. The zero-order chi connectivity index (χ0) is 15.8. The molecule has 0 atom stereocenters. The van der Waals surface area contributed by atoms with Gasteiger partial charge in [0.25, 0.3) is 0 Å². The van der Waals surface area contributed by atoms with E-state index in [4.69, 9.17) is 0 Å². The zero-order valence-electron chi connectivity index (χ0n) is 12.5. The van der Waals surface area contributed by atoms with Crippen molar-refractivity contribution in [3.8, 4) is 0 Å². The van der Waals surface area contributed by atoms with Gasteiger partial charge in [0.1, 0.15) is 5.82 Å². The summed E-state index contributed by atoms with van der Waals surface area (Å²) in [4.78, 5) is 0. The van der Waals surface area contributed by atoms with Gasteiger partial charge in [0.15, 0.2) is 5.82 Å². The Morgan fingerprint density at radius 2 is 1.68 bits per heavy atom. The lowest BCUT2D eigenvalue weighted by Gasteiger charge is -2.07. The van der Waals surface area contributed by atoms with Gasteiger partial charge in [-0.3, -0.25) is 4.72 Å². The summed E-state index contributed by atoms with van der Waals surface area (Å²) in [7, 11) is -3.32. The Morgan fingerprint density at radius 1 is 1.00 bits per heavy atom. The standard InChI is InChI=1S/C15H20N4O2S/c1-2-12-22(20,21)19-15-9-8-14(17-18-15)16-11-10-13-6-4-3-5-7-13/h3-9H,2,10-12H2,1H3,(H,16,17)(H,18,19). The summed E-state index contributed by atoms with van der Waals surface area (Å²) in [6.07, 6.45) is 1.44. The molecule has 0 saturated carbocycles. The van der Waals surface area contributed by atoms with E-state index in [1.165, 1.54) is 5.56 Å². The van der Waals surface area contributed by atoms with Crippen LogP contribution in [0.15, 0.2) is 42.5 Å². The summed E-state index contributed by atoms with van der Waals surface area (Å²) in [6, 6.07) is 13.4. The van der Waals surface area contributed by atoms with Crippen molar-refractivity contribution in [3.05, 3.63) is 48.0 Å². The zero-order valence-corrected chi connectivity index (χ0v) is 13.3. The number of rotatable bonds is 8. The monoisotopic (exact) mass is 320 g/mol. The van der Waals surface area contributed by atoms with Gasteiger partial charge in [0.05, 0.1) is 5.75 Å². The van der Waals surface area contributed by atoms with E-state index in [-0.39, 0.29) is 11.6 Å². The van der Waals surface area contributed by atoms with Crippen LogP contribution in [0.1, 0.15) is 18.9 Å². The van der Waals surface area contributed by atoms with Crippen LogP contribution in [0.5, 0.6) is 0 Å². The lowest BCUT2D eigenvalue weighted by Crippen LogP contribution is -2.17. The first-order chi connectivity index (χ1) is 10.6. The molecule has 0 fully saturated rings. The average Bonchev–Trinajstić information content (AvgIpc) is 2.50. The SMILES string of the molecule is CCCS(=O)(=O)Nc1ccc(NCCc2ccccc2)nn1. The molecular formula is C15H20N4O2S. The second-order valence-corrected chi connectivity index (χ2v) is 6.73. The Kier molecular flexibility index (Phi) is 5.71. The number of hydrogen-bond donors (Lipinski definition) is 2.